The Morgan fingerprint density at radius 2 is 1.67 bits per heavy atom. The maximum Gasteiger partial charge on any atom is 0.190 e. The molecule has 0 amide bonds. The summed E-state index contributed by atoms with van der Waals surface area (Å²) in [7, 11) is 0. The molecule has 0 bridgehead atoms. The Morgan fingerprint density at radius 1 is 0.944 bits per heavy atom. The van der Waals surface area contributed by atoms with Gasteiger partial charge in [0.2, 0.25) is 0 Å². The summed E-state index contributed by atoms with van der Waals surface area (Å²) in [5.41, 5.74) is 0. The second kappa shape index (κ2) is 3.86. The highest BCUT2D eigenvalue weighted by molar-refractivity contribution is 4.97. The smallest absolute Gasteiger partial charge is 0.190 e. The third-order valence-electron chi connectivity index (χ3n) is 3.40. The summed E-state index contributed by atoms with van der Waals surface area (Å²) in [4.78, 5) is 0. The van der Waals surface area contributed by atoms with Crippen LogP contribution >= 0.6 is 0 Å². The summed E-state index contributed by atoms with van der Waals surface area (Å²) >= 11 is 0. The molecule has 5 atom stereocenters. The number of rotatable bonds is 1. The number of hydrogen-bond donors (Lipinski definition) is 0. The lowest BCUT2D eigenvalue weighted by molar-refractivity contribution is -0.227. The zero-order chi connectivity index (χ0) is 13.1. The third-order valence-corrected chi connectivity index (χ3v) is 3.40. The molecule has 0 aliphatic carbocycles. The zero-order valence-corrected chi connectivity index (χ0v) is 11.0. The van der Waals surface area contributed by atoms with Crippen LogP contribution in [0.2, 0.25) is 0 Å². The van der Waals surface area contributed by atoms with E-state index in [9.17, 15) is 4.39 Å². The SMILES string of the molecule is CC1(C)OC[C@H]([C@@H]2OC3OC(C)(C)O[C@@H]3[C@H]2F)O1. The van der Waals surface area contributed by atoms with Crippen LogP contribution in [-0.2, 0) is 23.7 Å². The molecule has 0 spiro atoms. The first-order valence-corrected chi connectivity index (χ1v) is 6.24. The summed E-state index contributed by atoms with van der Waals surface area (Å²) in [6.07, 6.45) is -3.72. The molecule has 1 unspecified atom stereocenters. The molecule has 18 heavy (non-hydrogen) atoms. The van der Waals surface area contributed by atoms with Gasteiger partial charge in [-0.25, -0.2) is 4.39 Å². The van der Waals surface area contributed by atoms with Crippen molar-refractivity contribution in [1.82, 2.24) is 0 Å². The van der Waals surface area contributed by atoms with Crippen LogP contribution in [0, 0.1) is 0 Å². The van der Waals surface area contributed by atoms with Gasteiger partial charge in [-0.1, -0.05) is 0 Å². The lowest BCUT2D eigenvalue weighted by Crippen LogP contribution is -2.40. The van der Waals surface area contributed by atoms with E-state index >= 15 is 0 Å². The Balaban J connectivity index is 1.68. The molecule has 0 aromatic rings. The van der Waals surface area contributed by atoms with Crippen molar-refractivity contribution in [2.75, 3.05) is 6.61 Å². The van der Waals surface area contributed by atoms with Gasteiger partial charge in [0.15, 0.2) is 24.0 Å². The number of hydrogen-bond acceptors (Lipinski definition) is 5. The molecule has 3 heterocycles. The van der Waals surface area contributed by atoms with E-state index in [1.807, 2.05) is 0 Å². The van der Waals surface area contributed by atoms with Gasteiger partial charge in [0.05, 0.1) is 6.61 Å². The van der Waals surface area contributed by atoms with E-state index in [1.165, 1.54) is 0 Å². The van der Waals surface area contributed by atoms with Crippen LogP contribution in [0.3, 0.4) is 0 Å². The van der Waals surface area contributed by atoms with Crippen LogP contribution in [0.15, 0.2) is 0 Å². The van der Waals surface area contributed by atoms with Crippen LogP contribution in [0.5, 0.6) is 0 Å². The fraction of sp³-hybridized carbons (Fsp3) is 1.00. The van der Waals surface area contributed by atoms with Gasteiger partial charge in [-0.3, -0.25) is 0 Å². The number of ether oxygens (including phenoxy) is 5. The van der Waals surface area contributed by atoms with E-state index in [1.54, 1.807) is 27.7 Å². The maximum atomic E-state index is 14.3. The summed E-state index contributed by atoms with van der Waals surface area (Å²) in [5, 5.41) is 0. The van der Waals surface area contributed by atoms with E-state index < -0.39 is 42.3 Å². The zero-order valence-electron chi connectivity index (χ0n) is 11.0. The highest BCUT2D eigenvalue weighted by atomic mass is 19.1. The summed E-state index contributed by atoms with van der Waals surface area (Å²) in [6.45, 7) is 7.41. The van der Waals surface area contributed by atoms with Gasteiger partial charge in [0, 0.05) is 0 Å². The van der Waals surface area contributed by atoms with Gasteiger partial charge in [0.1, 0.15) is 18.3 Å². The molecular formula is C12H19FO5. The Bertz CT molecular complexity index is 345. The molecule has 3 fully saturated rings. The van der Waals surface area contributed by atoms with E-state index in [0.717, 1.165) is 0 Å². The molecule has 0 aromatic heterocycles. The average molecular weight is 262 g/mol. The van der Waals surface area contributed by atoms with Gasteiger partial charge >= 0.3 is 0 Å². The van der Waals surface area contributed by atoms with E-state index in [4.69, 9.17) is 23.7 Å². The monoisotopic (exact) mass is 262 g/mol. The molecule has 0 aromatic carbocycles. The van der Waals surface area contributed by atoms with Crippen molar-refractivity contribution < 1.29 is 28.1 Å². The van der Waals surface area contributed by atoms with Crippen molar-refractivity contribution >= 4 is 0 Å². The molecule has 3 rings (SSSR count). The maximum absolute atomic E-state index is 14.3. The van der Waals surface area contributed by atoms with Crippen molar-refractivity contribution in [2.24, 2.45) is 0 Å². The molecule has 6 heteroatoms. The summed E-state index contributed by atoms with van der Waals surface area (Å²) in [6, 6.07) is 0. The largest absolute Gasteiger partial charge is 0.348 e. The molecule has 3 aliphatic heterocycles. The molecule has 0 saturated carbocycles. The molecule has 3 aliphatic rings. The van der Waals surface area contributed by atoms with Crippen molar-refractivity contribution in [3.63, 3.8) is 0 Å². The van der Waals surface area contributed by atoms with Crippen molar-refractivity contribution in [3.8, 4) is 0 Å². The standard InChI is InChI=1S/C12H19FO5/c1-11(2)14-5-6(16-11)8-7(13)9-10(15-8)18-12(3,4)17-9/h6-10H,5H2,1-4H3/t6-,7+,8+,9-,10?/m1/s1. The average Bonchev–Trinajstić information content (AvgIpc) is 2.81. The molecule has 3 saturated heterocycles. The van der Waals surface area contributed by atoms with Crippen LogP contribution < -0.4 is 0 Å². The lowest BCUT2D eigenvalue weighted by atomic mass is 10.1. The predicted molar refractivity (Wildman–Crippen MR) is 58.5 cm³/mol. The van der Waals surface area contributed by atoms with Crippen LogP contribution in [0.4, 0.5) is 4.39 Å². The molecule has 0 radical (unpaired) electrons. The Kier molecular flexibility index (Phi) is 2.74. The second-order valence-corrected chi connectivity index (χ2v) is 5.88. The summed E-state index contributed by atoms with van der Waals surface area (Å²) < 4.78 is 42.0. The molecule has 0 N–H and O–H groups in total. The fourth-order valence-electron chi connectivity index (χ4n) is 2.67. The van der Waals surface area contributed by atoms with Gasteiger partial charge in [-0.2, -0.15) is 0 Å². The van der Waals surface area contributed by atoms with Gasteiger partial charge in [-0.05, 0) is 27.7 Å². The van der Waals surface area contributed by atoms with Crippen molar-refractivity contribution in [1.29, 1.82) is 0 Å². The minimum absolute atomic E-state index is 0.320. The van der Waals surface area contributed by atoms with Crippen LogP contribution in [0.25, 0.3) is 0 Å². The molecular weight excluding hydrogens is 243 g/mol. The fourth-order valence-corrected chi connectivity index (χ4v) is 2.67. The first-order valence-electron chi connectivity index (χ1n) is 6.24. The van der Waals surface area contributed by atoms with E-state index in [0.29, 0.717) is 6.61 Å². The van der Waals surface area contributed by atoms with E-state index in [-0.39, 0.29) is 0 Å². The number of fused-ring (bicyclic) bond motifs is 1. The Morgan fingerprint density at radius 3 is 2.22 bits per heavy atom. The van der Waals surface area contributed by atoms with E-state index in [2.05, 4.69) is 0 Å². The van der Waals surface area contributed by atoms with Crippen LogP contribution in [-0.4, -0.2) is 49.0 Å². The Labute approximate surface area is 105 Å². The van der Waals surface area contributed by atoms with Crippen LogP contribution in [0.1, 0.15) is 27.7 Å². The minimum atomic E-state index is -1.26. The normalized spacial score (nSPS) is 49.5. The Hall–Kier alpha value is -0.270. The highest BCUT2D eigenvalue weighted by Gasteiger charge is 2.58. The number of halogens is 1. The van der Waals surface area contributed by atoms with Crippen molar-refractivity contribution in [3.05, 3.63) is 0 Å². The second-order valence-electron chi connectivity index (χ2n) is 5.88. The number of alkyl halides is 1. The first-order chi connectivity index (χ1) is 8.27. The van der Waals surface area contributed by atoms with Gasteiger partial charge in [-0.15, -0.1) is 0 Å². The minimum Gasteiger partial charge on any atom is -0.348 e. The molecule has 5 nitrogen and oxygen atoms in total. The topological polar surface area (TPSA) is 46.2 Å². The highest BCUT2D eigenvalue weighted by Crippen LogP contribution is 2.41. The molecule has 104 valence electrons. The summed E-state index contributed by atoms with van der Waals surface area (Å²) in [5.74, 6) is -1.48. The quantitative estimate of drug-likeness (QED) is 0.714. The van der Waals surface area contributed by atoms with Gasteiger partial charge in [0.25, 0.3) is 0 Å². The lowest BCUT2D eigenvalue weighted by Gasteiger charge is -2.25. The van der Waals surface area contributed by atoms with Gasteiger partial charge < -0.3 is 23.7 Å². The predicted octanol–water partition coefficient (Wildman–Crippen LogP) is 1.35. The third kappa shape index (κ3) is 2.06. The van der Waals surface area contributed by atoms with Crippen molar-refractivity contribution in [2.45, 2.75) is 70.0 Å². The first kappa shape index (κ1) is 12.7.